The van der Waals surface area contributed by atoms with Crippen LogP contribution in [0.4, 0.5) is 0 Å². The lowest BCUT2D eigenvalue weighted by Crippen LogP contribution is -2.29. The van der Waals surface area contributed by atoms with E-state index >= 15 is 0 Å². The van der Waals surface area contributed by atoms with Crippen molar-refractivity contribution in [3.8, 4) is 11.5 Å². The van der Waals surface area contributed by atoms with Crippen LogP contribution in [0.3, 0.4) is 0 Å². The van der Waals surface area contributed by atoms with Crippen LogP contribution in [0.15, 0.2) is 48.5 Å². The molecule has 5 heteroatoms. The molecule has 0 saturated heterocycles. The third kappa shape index (κ3) is 4.69. The molecule has 2 aromatic rings. The second-order valence-electron chi connectivity index (χ2n) is 5.77. The average molecular weight is 305 g/mol. The third-order valence-electron chi connectivity index (χ3n) is 3.01. The zero-order valence-corrected chi connectivity index (χ0v) is 13.1. The van der Waals surface area contributed by atoms with Crippen LogP contribution in [0.25, 0.3) is 0 Å². The van der Waals surface area contributed by atoms with Gasteiger partial charge in [-0.15, -0.1) is 0 Å². The summed E-state index contributed by atoms with van der Waals surface area (Å²) >= 11 is 5.78. The Morgan fingerprint density at radius 1 is 0.857 bits per heavy atom. The lowest BCUT2D eigenvalue weighted by Gasteiger charge is -2.19. The Morgan fingerprint density at radius 3 is 1.71 bits per heavy atom. The zero-order chi connectivity index (χ0) is 15.5. The molecule has 2 aromatic carbocycles. The van der Waals surface area contributed by atoms with Gasteiger partial charge in [-0.2, -0.15) is 0 Å². The van der Waals surface area contributed by atoms with Crippen molar-refractivity contribution in [2.45, 2.75) is 26.2 Å². The highest BCUT2D eigenvalue weighted by atomic mass is 35.5. The first kappa shape index (κ1) is 15.7. The molecule has 110 valence electrons. The van der Waals surface area contributed by atoms with Gasteiger partial charge in [0.15, 0.2) is 0 Å². The maximum atomic E-state index is 9.78. The van der Waals surface area contributed by atoms with Crippen LogP contribution in [0.2, 0.25) is 5.02 Å². The summed E-state index contributed by atoms with van der Waals surface area (Å²) in [4.78, 5) is 0. The van der Waals surface area contributed by atoms with Crippen LogP contribution >= 0.6 is 11.6 Å². The molecule has 0 aliphatic rings. The molecule has 0 aliphatic carbocycles. The van der Waals surface area contributed by atoms with Crippen LogP contribution in [0.5, 0.6) is 11.5 Å². The van der Waals surface area contributed by atoms with Crippen molar-refractivity contribution in [1.82, 2.24) is 0 Å². The maximum Gasteiger partial charge on any atom is 0.785 e. The number of halogens is 1. The van der Waals surface area contributed by atoms with Crippen LogP contribution in [-0.2, 0) is 5.41 Å². The molecule has 0 radical (unpaired) electrons. The predicted molar refractivity (Wildman–Crippen MR) is 85.8 cm³/mol. The van der Waals surface area contributed by atoms with Gasteiger partial charge in [-0.05, 0) is 47.4 Å². The minimum Gasteiger partial charge on any atom is -0.501 e. The van der Waals surface area contributed by atoms with Gasteiger partial charge in [0.25, 0.3) is 0 Å². The van der Waals surface area contributed by atoms with Gasteiger partial charge >= 0.3 is 7.32 Å². The van der Waals surface area contributed by atoms with Gasteiger partial charge in [-0.25, -0.2) is 0 Å². The molecular formula is C16H18BClO3. The van der Waals surface area contributed by atoms with E-state index in [2.05, 4.69) is 20.8 Å². The highest BCUT2D eigenvalue weighted by molar-refractivity contribution is 6.36. The molecule has 3 nitrogen and oxygen atoms in total. The van der Waals surface area contributed by atoms with Crippen molar-refractivity contribution in [1.29, 1.82) is 0 Å². The van der Waals surface area contributed by atoms with Crippen molar-refractivity contribution >= 4 is 18.9 Å². The average Bonchev–Trinajstić information content (AvgIpc) is 2.41. The molecule has 0 saturated carbocycles. The van der Waals surface area contributed by atoms with Crippen molar-refractivity contribution in [3.63, 3.8) is 0 Å². The second kappa shape index (κ2) is 6.42. The van der Waals surface area contributed by atoms with Gasteiger partial charge in [0, 0.05) is 5.02 Å². The van der Waals surface area contributed by atoms with Gasteiger partial charge in [0.05, 0.1) is 0 Å². The molecular weight excluding hydrogens is 286 g/mol. The van der Waals surface area contributed by atoms with E-state index in [1.54, 1.807) is 24.3 Å². The standard InChI is InChI=1S/C16H18BClO3/c1-16(2,3)12-4-8-14(9-5-12)20-17(19)21-15-10-6-13(18)7-11-15/h4-11,19H,1-3H3. The Balaban J connectivity index is 1.96. The fraction of sp³-hybridized carbons (Fsp3) is 0.250. The largest absolute Gasteiger partial charge is 0.785 e. The van der Waals surface area contributed by atoms with Crippen LogP contribution in [0.1, 0.15) is 26.3 Å². The Bertz CT molecular complexity index is 576. The van der Waals surface area contributed by atoms with E-state index < -0.39 is 7.32 Å². The SMILES string of the molecule is CC(C)(C)c1ccc(OB(O)Oc2ccc(Cl)cc2)cc1. The Labute approximate surface area is 130 Å². The first-order chi connectivity index (χ1) is 9.84. The number of rotatable bonds is 4. The Hall–Kier alpha value is -1.65. The van der Waals surface area contributed by atoms with Crippen LogP contribution in [0, 0.1) is 0 Å². The normalized spacial score (nSPS) is 11.1. The van der Waals surface area contributed by atoms with E-state index in [0.29, 0.717) is 16.5 Å². The van der Waals surface area contributed by atoms with E-state index in [9.17, 15) is 5.02 Å². The number of hydrogen-bond acceptors (Lipinski definition) is 3. The van der Waals surface area contributed by atoms with Gasteiger partial charge in [0.1, 0.15) is 11.5 Å². The van der Waals surface area contributed by atoms with E-state index in [4.69, 9.17) is 20.9 Å². The lowest BCUT2D eigenvalue weighted by molar-refractivity contribution is 0.298. The second-order valence-corrected chi connectivity index (χ2v) is 6.21. The molecule has 0 amide bonds. The van der Waals surface area contributed by atoms with Gasteiger partial charge in [0.2, 0.25) is 0 Å². The van der Waals surface area contributed by atoms with Gasteiger partial charge in [-0.1, -0.05) is 44.5 Å². The van der Waals surface area contributed by atoms with Crippen LogP contribution < -0.4 is 9.31 Å². The van der Waals surface area contributed by atoms with E-state index in [-0.39, 0.29) is 5.41 Å². The molecule has 21 heavy (non-hydrogen) atoms. The van der Waals surface area contributed by atoms with Crippen LogP contribution in [-0.4, -0.2) is 12.3 Å². The molecule has 0 atom stereocenters. The first-order valence-corrected chi connectivity index (χ1v) is 7.10. The number of hydrogen-bond donors (Lipinski definition) is 1. The summed E-state index contributed by atoms with van der Waals surface area (Å²) in [5.41, 5.74) is 1.28. The molecule has 0 unspecified atom stereocenters. The first-order valence-electron chi connectivity index (χ1n) is 6.72. The fourth-order valence-electron chi connectivity index (χ4n) is 1.80. The molecule has 0 fully saturated rings. The van der Waals surface area contributed by atoms with E-state index in [1.165, 1.54) is 5.56 Å². The highest BCUT2D eigenvalue weighted by Gasteiger charge is 2.21. The lowest BCUT2D eigenvalue weighted by atomic mass is 9.87. The molecule has 1 N–H and O–H groups in total. The van der Waals surface area contributed by atoms with Crippen molar-refractivity contribution < 1.29 is 14.3 Å². The summed E-state index contributed by atoms with van der Waals surface area (Å²) in [5.74, 6) is 1.03. The molecule has 0 aromatic heterocycles. The van der Waals surface area contributed by atoms with Crippen molar-refractivity contribution in [3.05, 3.63) is 59.1 Å². The Kier molecular flexibility index (Phi) is 4.81. The van der Waals surface area contributed by atoms with E-state index in [0.717, 1.165) is 0 Å². The van der Waals surface area contributed by atoms with Crippen molar-refractivity contribution in [2.75, 3.05) is 0 Å². The molecule has 0 aliphatic heterocycles. The minimum atomic E-state index is -1.37. The maximum absolute atomic E-state index is 9.78. The minimum absolute atomic E-state index is 0.0803. The van der Waals surface area contributed by atoms with Crippen molar-refractivity contribution in [2.24, 2.45) is 0 Å². The third-order valence-corrected chi connectivity index (χ3v) is 3.26. The molecule has 0 heterocycles. The van der Waals surface area contributed by atoms with Gasteiger partial charge < -0.3 is 14.3 Å². The summed E-state index contributed by atoms with van der Waals surface area (Å²) in [5, 5.41) is 10.4. The summed E-state index contributed by atoms with van der Waals surface area (Å²) < 4.78 is 10.6. The molecule has 0 bridgehead atoms. The summed E-state index contributed by atoms with van der Waals surface area (Å²) in [6.45, 7) is 6.42. The summed E-state index contributed by atoms with van der Waals surface area (Å²) in [6, 6.07) is 14.3. The Morgan fingerprint density at radius 2 is 1.29 bits per heavy atom. The van der Waals surface area contributed by atoms with E-state index in [1.807, 2.05) is 24.3 Å². The fourth-order valence-corrected chi connectivity index (χ4v) is 1.93. The summed E-state index contributed by atoms with van der Waals surface area (Å²) in [6.07, 6.45) is 0. The quantitative estimate of drug-likeness (QED) is 0.865. The number of benzene rings is 2. The summed E-state index contributed by atoms with van der Waals surface area (Å²) in [7, 11) is -1.37. The molecule has 2 rings (SSSR count). The predicted octanol–water partition coefficient (Wildman–Crippen LogP) is 4.07. The molecule has 0 spiro atoms. The highest BCUT2D eigenvalue weighted by Crippen LogP contribution is 2.24. The monoisotopic (exact) mass is 304 g/mol. The smallest absolute Gasteiger partial charge is 0.501 e. The topological polar surface area (TPSA) is 38.7 Å². The zero-order valence-electron chi connectivity index (χ0n) is 12.3. The van der Waals surface area contributed by atoms with Gasteiger partial charge in [-0.3, -0.25) is 0 Å².